The second-order valence-corrected chi connectivity index (χ2v) is 6.94. The highest BCUT2D eigenvalue weighted by atomic mass is 32.1. The monoisotopic (exact) mass is 374 g/mol. The van der Waals surface area contributed by atoms with Gasteiger partial charge in [0.05, 0.1) is 15.9 Å². The van der Waals surface area contributed by atoms with Gasteiger partial charge in [0.25, 0.3) is 0 Å². The summed E-state index contributed by atoms with van der Waals surface area (Å²) in [5.41, 5.74) is 2.87. The van der Waals surface area contributed by atoms with Gasteiger partial charge < -0.3 is 5.32 Å². The van der Waals surface area contributed by atoms with Crippen molar-refractivity contribution in [2.24, 2.45) is 0 Å². The minimum absolute atomic E-state index is 0.284. The lowest BCUT2D eigenvalue weighted by Gasteiger charge is -2.08. The molecule has 4 rings (SSSR count). The summed E-state index contributed by atoms with van der Waals surface area (Å²) >= 11 is 1.46. The van der Waals surface area contributed by atoms with Crippen molar-refractivity contribution in [3.05, 3.63) is 90.3 Å². The van der Waals surface area contributed by atoms with Gasteiger partial charge in [0.1, 0.15) is 10.8 Å². The Morgan fingerprint density at radius 3 is 2.59 bits per heavy atom. The average Bonchev–Trinajstić information content (AvgIpc) is 3.12. The normalized spacial score (nSPS) is 11.1. The van der Waals surface area contributed by atoms with Crippen LogP contribution < -0.4 is 5.32 Å². The van der Waals surface area contributed by atoms with E-state index in [4.69, 9.17) is 0 Å². The molecule has 5 heteroatoms. The molecule has 0 aliphatic carbocycles. The van der Waals surface area contributed by atoms with Gasteiger partial charge >= 0.3 is 0 Å². The molecule has 0 unspecified atom stereocenters. The van der Waals surface area contributed by atoms with Crippen molar-refractivity contribution in [1.82, 2.24) is 4.98 Å². The van der Waals surface area contributed by atoms with Crippen LogP contribution in [0.15, 0.2) is 78.9 Å². The van der Waals surface area contributed by atoms with Crippen molar-refractivity contribution in [3.63, 3.8) is 0 Å². The van der Waals surface area contributed by atoms with E-state index in [1.807, 2.05) is 54.6 Å². The Labute approximate surface area is 159 Å². The van der Waals surface area contributed by atoms with Crippen LogP contribution in [-0.4, -0.2) is 10.9 Å². The summed E-state index contributed by atoms with van der Waals surface area (Å²) in [5.74, 6) is -0.657. The summed E-state index contributed by atoms with van der Waals surface area (Å²) in [7, 11) is 0. The SMILES string of the molecule is O=C(C=Cc1ccccc1)Nc1ccc(F)cc1-c1nc2ccccc2s1. The highest BCUT2D eigenvalue weighted by Gasteiger charge is 2.13. The number of thiazole rings is 1. The zero-order valence-corrected chi connectivity index (χ0v) is 15.0. The first-order chi connectivity index (χ1) is 13.2. The number of rotatable bonds is 4. The summed E-state index contributed by atoms with van der Waals surface area (Å²) in [5, 5.41) is 3.49. The number of carbonyl (C=O) groups is 1. The fraction of sp³-hybridized carbons (Fsp3) is 0. The van der Waals surface area contributed by atoms with E-state index in [-0.39, 0.29) is 11.7 Å². The number of benzene rings is 3. The van der Waals surface area contributed by atoms with Crippen molar-refractivity contribution in [3.8, 4) is 10.6 Å². The molecule has 0 bridgehead atoms. The van der Waals surface area contributed by atoms with E-state index in [9.17, 15) is 9.18 Å². The van der Waals surface area contributed by atoms with Crippen molar-refractivity contribution in [1.29, 1.82) is 0 Å². The first kappa shape index (κ1) is 17.1. The van der Waals surface area contributed by atoms with Crippen molar-refractivity contribution in [2.45, 2.75) is 0 Å². The molecule has 3 nitrogen and oxygen atoms in total. The smallest absolute Gasteiger partial charge is 0.248 e. The van der Waals surface area contributed by atoms with E-state index in [1.165, 1.54) is 29.5 Å². The van der Waals surface area contributed by atoms with Crippen LogP contribution in [0.2, 0.25) is 0 Å². The lowest BCUT2D eigenvalue weighted by atomic mass is 10.1. The Morgan fingerprint density at radius 2 is 1.78 bits per heavy atom. The number of hydrogen-bond donors (Lipinski definition) is 1. The van der Waals surface area contributed by atoms with Gasteiger partial charge in [-0.05, 0) is 42.0 Å². The van der Waals surface area contributed by atoms with Crippen LogP contribution in [0.25, 0.3) is 26.9 Å². The van der Waals surface area contributed by atoms with Gasteiger partial charge in [-0.2, -0.15) is 0 Å². The van der Waals surface area contributed by atoms with Crippen LogP contribution in [-0.2, 0) is 4.79 Å². The van der Waals surface area contributed by atoms with E-state index in [2.05, 4.69) is 10.3 Å². The van der Waals surface area contributed by atoms with Crippen molar-refractivity contribution >= 4 is 39.2 Å². The van der Waals surface area contributed by atoms with E-state index in [1.54, 1.807) is 12.1 Å². The maximum atomic E-state index is 13.8. The molecule has 3 aromatic carbocycles. The predicted molar refractivity (Wildman–Crippen MR) is 109 cm³/mol. The fourth-order valence-corrected chi connectivity index (χ4v) is 3.70. The van der Waals surface area contributed by atoms with Crippen LogP contribution in [0, 0.1) is 5.82 Å². The zero-order valence-electron chi connectivity index (χ0n) is 14.2. The van der Waals surface area contributed by atoms with E-state index < -0.39 is 0 Å². The molecule has 1 amide bonds. The van der Waals surface area contributed by atoms with Gasteiger partial charge in [0, 0.05) is 11.6 Å². The second kappa shape index (κ2) is 7.51. The quantitative estimate of drug-likeness (QED) is 0.462. The van der Waals surface area contributed by atoms with Crippen LogP contribution >= 0.6 is 11.3 Å². The number of carbonyl (C=O) groups excluding carboxylic acids is 1. The first-order valence-corrected chi connectivity index (χ1v) is 9.20. The molecule has 27 heavy (non-hydrogen) atoms. The molecule has 0 saturated heterocycles. The third kappa shape index (κ3) is 3.93. The summed E-state index contributed by atoms with van der Waals surface area (Å²) in [6, 6.07) is 21.6. The van der Waals surface area contributed by atoms with Crippen molar-refractivity contribution < 1.29 is 9.18 Å². The summed E-state index contributed by atoms with van der Waals surface area (Å²) < 4.78 is 14.9. The van der Waals surface area contributed by atoms with Crippen LogP contribution in [0.1, 0.15) is 5.56 Å². The minimum atomic E-state index is -0.373. The Kier molecular flexibility index (Phi) is 4.77. The highest BCUT2D eigenvalue weighted by molar-refractivity contribution is 7.21. The first-order valence-electron chi connectivity index (χ1n) is 8.39. The molecule has 0 aliphatic rings. The van der Waals surface area contributed by atoms with Gasteiger partial charge in [-0.1, -0.05) is 42.5 Å². The molecule has 0 spiro atoms. The number of aromatic nitrogens is 1. The number of fused-ring (bicyclic) bond motifs is 1. The summed E-state index contributed by atoms with van der Waals surface area (Å²) in [6.07, 6.45) is 3.19. The number of anilines is 1. The van der Waals surface area contributed by atoms with Gasteiger partial charge in [0.2, 0.25) is 5.91 Å². The number of halogens is 1. The predicted octanol–water partition coefficient (Wildman–Crippen LogP) is 5.75. The Balaban J connectivity index is 1.63. The molecule has 0 atom stereocenters. The maximum absolute atomic E-state index is 13.8. The molecule has 1 aromatic heterocycles. The van der Waals surface area contributed by atoms with Gasteiger partial charge in [-0.15, -0.1) is 11.3 Å². The van der Waals surface area contributed by atoms with Gasteiger partial charge in [-0.25, -0.2) is 9.37 Å². The number of nitrogens with zero attached hydrogens (tertiary/aromatic N) is 1. The number of nitrogens with one attached hydrogen (secondary N) is 1. The molecule has 0 saturated carbocycles. The van der Waals surface area contributed by atoms with Gasteiger partial charge in [-0.3, -0.25) is 4.79 Å². The third-order valence-electron chi connectivity index (χ3n) is 3.99. The maximum Gasteiger partial charge on any atom is 0.248 e. The lowest BCUT2D eigenvalue weighted by molar-refractivity contribution is -0.111. The Hall–Kier alpha value is -3.31. The molecule has 1 N–H and O–H groups in total. The molecule has 4 aromatic rings. The Bertz CT molecular complexity index is 1100. The number of hydrogen-bond acceptors (Lipinski definition) is 3. The number of para-hydroxylation sites is 1. The summed E-state index contributed by atoms with van der Waals surface area (Å²) in [6.45, 7) is 0. The molecule has 1 heterocycles. The summed E-state index contributed by atoms with van der Waals surface area (Å²) in [4.78, 5) is 16.9. The average molecular weight is 374 g/mol. The molecular weight excluding hydrogens is 359 g/mol. The standard InChI is InChI=1S/C22H15FN2OS/c23-16-11-12-18(24-21(26)13-10-15-6-2-1-3-7-15)17(14-16)22-25-19-8-4-5-9-20(19)27-22/h1-14H,(H,24,26). The lowest BCUT2D eigenvalue weighted by Crippen LogP contribution is -2.09. The Morgan fingerprint density at radius 1 is 1.00 bits per heavy atom. The van der Waals surface area contributed by atoms with Crippen LogP contribution in [0.3, 0.4) is 0 Å². The molecule has 0 radical (unpaired) electrons. The fourth-order valence-electron chi connectivity index (χ4n) is 2.70. The zero-order chi connectivity index (χ0) is 18.6. The molecule has 132 valence electrons. The third-order valence-corrected chi connectivity index (χ3v) is 5.06. The topological polar surface area (TPSA) is 42.0 Å². The molecule has 0 fully saturated rings. The number of amides is 1. The highest BCUT2D eigenvalue weighted by Crippen LogP contribution is 2.35. The molecule has 0 aliphatic heterocycles. The second-order valence-electron chi connectivity index (χ2n) is 5.91. The van der Waals surface area contributed by atoms with Gasteiger partial charge in [0.15, 0.2) is 0 Å². The van der Waals surface area contributed by atoms with Crippen molar-refractivity contribution in [2.75, 3.05) is 5.32 Å². The van der Waals surface area contributed by atoms with Crippen LogP contribution in [0.4, 0.5) is 10.1 Å². The van der Waals surface area contributed by atoms with Crippen LogP contribution in [0.5, 0.6) is 0 Å². The largest absolute Gasteiger partial charge is 0.322 e. The van der Waals surface area contributed by atoms with E-state index in [0.717, 1.165) is 15.8 Å². The van der Waals surface area contributed by atoms with E-state index in [0.29, 0.717) is 16.3 Å². The van der Waals surface area contributed by atoms with E-state index >= 15 is 0 Å². The molecular formula is C22H15FN2OS. The minimum Gasteiger partial charge on any atom is -0.322 e.